The van der Waals surface area contributed by atoms with Gasteiger partial charge in [0.2, 0.25) is 4.96 Å². The summed E-state index contributed by atoms with van der Waals surface area (Å²) < 4.78 is 12.8. The highest BCUT2D eigenvalue weighted by Gasteiger charge is 2.14. The van der Waals surface area contributed by atoms with E-state index in [0.717, 1.165) is 21.0 Å². The summed E-state index contributed by atoms with van der Waals surface area (Å²) in [5.41, 5.74) is 1.46. The average Bonchev–Trinajstić information content (AvgIpc) is 3.08. The van der Waals surface area contributed by atoms with Crippen LogP contribution < -0.4 is 4.74 Å². The predicted molar refractivity (Wildman–Crippen MR) is 82.4 cm³/mol. The normalized spacial score (nSPS) is 11.6. The summed E-state index contributed by atoms with van der Waals surface area (Å²) in [4.78, 5) is 5.37. The number of imidazole rings is 1. The Morgan fingerprint density at radius 1 is 1.33 bits per heavy atom. The van der Waals surface area contributed by atoms with E-state index in [1.807, 2.05) is 25.3 Å². The molecule has 0 saturated carbocycles. The topological polar surface area (TPSA) is 52.6 Å². The molecule has 7 heteroatoms. The third-order valence-electron chi connectivity index (χ3n) is 3.19. The fraction of sp³-hybridized carbons (Fsp3) is 0.143. The first-order chi connectivity index (χ1) is 10.1. The maximum absolute atomic E-state index is 6.13. The van der Waals surface area contributed by atoms with E-state index in [4.69, 9.17) is 20.8 Å². The SMILES string of the molecule is COc1cc2oc(-c3cn4nc(C)sc4n3)cc2cc1Cl. The van der Waals surface area contributed by atoms with Gasteiger partial charge in [-0.05, 0) is 19.1 Å². The van der Waals surface area contributed by atoms with Crippen LogP contribution in [0.4, 0.5) is 0 Å². The maximum Gasteiger partial charge on any atom is 0.212 e. The molecule has 1 aromatic carbocycles. The second-order valence-electron chi connectivity index (χ2n) is 4.61. The van der Waals surface area contributed by atoms with Gasteiger partial charge in [-0.2, -0.15) is 5.10 Å². The van der Waals surface area contributed by atoms with E-state index in [2.05, 4.69) is 10.1 Å². The molecular formula is C14H10ClN3O2S. The summed E-state index contributed by atoms with van der Waals surface area (Å²) in [7, 11) is 1.58. The highest BCUT2D eigenvalue weighted by Crippen LogP contribution is 2.34. The number of hydrogen-bond donors (Lipinski definition) is 0. The van der Waals surface area contributed by atoms with Gasteiger partial charge >= 0.3 is 0 Å². The number of halogens is 1. The minimum atomic E-state index is 0.556. The molecule has 3 heterocycles. The largest absolute Gasteiger partial charge is 0.495 e. The van der Waals surface area contributed by atoms with Crippen molar-refractivity contribution < 1.29 is 9.15 Å². The molecule has 0 radical (unpaired) electrons. The van der Waals surface area contributed by atoms with Crippen molar-refractivity contribution in [2.24, 2.45) is 0 Å². The van der Waals surface area contributed by atoms with Gasteiger partial charge in [0.15, 0.2) is 5.76 Å². The van der Waals surface area contributed by atoms with Crippen molar-refractivity contribution in [2.75, 3.05) is 7.11 Å². The Bertz CT molecular complexity index is 938. The van der Waals surface area contributed by atoms with Gasteiger partial charge in [0.25, 0.3) is 0 Å². The van der Waals surface area contributed by atoms with Gasteiger partial charge in [-0.15, -0.1) is 0 Å². The quantitative estimate of drug-likeness (QED) is 0.556. The summed E-state index contributed by atoms with van der Waals surface area (Å²) in [6.07, 6.45) is 1.86. The third kappa shape index (κ3) is 1.99. The van der Waals surface area contributed by atoms with Crippen LogP contribution in [0.3, 0.4) is 0 Å². The molecule has 4 aromatic rings. The predicted octanol–water partition coefficient (Wildman–Crippen LogP) is 4.17. The van der Waals surface area contributed by atoms with Crippen LogP contribution in [-0.4, -0.2) is 21.7 Å². The first-order valence-corrected chi connectivity index (χ1v) is 7.44. The van der Waals surface area contributed by atoms with E-state index in [9.17, 15) is 0 Å². The fourth-order valence-corrected chi connectivity index (χ4v) is 3.21. The molecule has 0 aliphatic carbocycles. The number of nitrogens with zero attached hydrogens (tertiary/aromatic N) is 3. The molecule has 0 saturated heterocycles. The average molecular weight is 320 g/mol. The standard InChI is InChI=1S/C14H10ClN3O2S/c1-7-17-18-6-10(16-14(18)21-7)13-4-8-3-9(15)12(19-2)5-11(8)20-13/h3-6H,1-2H3. The lowest BCUT2D eigenvalue weighted by Gasteiger charge is -2.00. The minimum Gasteiger partial charge on any atom is -0.495 e. The molecule has 0 N–H and O–H groups in total. The van der Waals surface area contributed by atoms with Crippen molar-refractivity contribution in [3.8, 4) is 17.2 Å². The number of aryl methyl sites for hydroxylation is 1. The Kier molecular flexibility index (Phi) is 2.70. The maximum atomic E-state index is 6.13. The van der Waals surface area contributed by atoms with E-state index in [1.54, 1.807) is 29.0 Å². The van der Waals surface area contributed by atoms with Gasteiger partial charge < -0.3 is 9.15 Å². The minimum absolute atomic E-state index is 0.556. The molecule has 3 aromatic heterocycles. The van der Waals surface area contributed by atoms with E-state index in [1.165, 1.54) is 0 Å². The zero-order valence-corrected chi connectivity index (χ0v) is 12.8. The molecule has 0 spiro atoms. The second kappa shape index (κ2) is 4.47. The van der Waals surface area contributed by atoms with Gasteiger partial charge in [-0.3, -0.25) is 0 Å². The van der Waals surface area contributed by atoms with Crippen LogP contribution in [0, 0.1) is 6.92 Å². The molecule has 0 atom stereocenters. The van der Waals surface area contributed by atoms with Crippen molar-refractivity contribution in [3.05, 3.63) is 34.4 Å². The molecule has 0 aliphatic rings. The molecule has 0 unspecified atom stereocenters. The van der Waals surface area contributed by atoms with Crippen LogP contribution in [0.15, 0.2) is 28.8 Å². The highest BCUT2D eigenvalue weighted by molar-refractivity contribution is 7.16. The Hall–Kier alpha value is -2.05. The smallest absolute Gasteiger partial charge is 0.212 e. The molecule has 0 amide bonds. The Morgan fingerprint density at radius 2 is 2.19 bits per heavy atom. The number of ether oxygens (including phenoxy) is 1. The summed E-state index contributed by atoms with van der Waals surface area (Å²) in [5, 5.41) is 6.79. The summed E-state index contributed by atoms with van der Waals surface area (Å²) >= 11 is 7.67. The van der Waals surface area contributed by atoms with E-state index < -0.39 is 0 Å². The van der Waals surface area contributed by atoms with Crippen molar-refractivity contribution in [2.45, 2.75) is 6.92 Å². The van der Waals surface area contributed by atoms with Gasteiger partial charge in [0, 0.05) is 11.5 Å². The molecule has 0 bridgehead atoms. The number of methoxy groups -OCH3 is 1. The van der Waals surface area contributed by atoms with E-state index in [0.29, 0.717) is 22.1 Å². The third-order valence-corrected chi connectivity index (χ3v) is 4.32. The van der Waals surface area contributed by atoms with Gasteiger partial charge in [-0.25, -0.2) is 9.50 Å². The molecule has 0 fully saturated rings. The summed E-state index contributed by atoms with van der Waals surface area (Å²) in [6, 6.07) is 5.52. The van der Waals surface area contributed by atoms with Crippen LogP contribution in [0.25, 0.3) is 27.4 Å². The van der Waals surface area contributed by atoms with Crippen molar-refractivity contribution in [1.29, 1.82) is 0 Å². The Labute approximate surface area is 128 Å². The number of furan rings is 1. The van der Waals surface area contributed by atoms with Crippen LogP contribution in [0.1, 0.15) is 5.01 Å². The van der Waals surface area contributed by atoms with Crippen molar-refractivity contribution >= 4 is 38.9 Å². The highest BCUT2D eigenvalue weighted by atomic mass is 35.5. The van der Waals surface area contributed by atoms with Gasteiger partial charge in [0.1, 0.15) is 22.0 Å². The lowest BCUT2D eigenvalue weighted by molar-refractivity contribution is 0.415. The van der Waals surface area contributed by atoms with Crippen molar-refractivity contribution in [1.82, 2.24) is 14.6 Å². The number of aromatic nitrogens is 3. The molecule has 5 nitrogen and oxygen atoms in total. The lowest BCUT2D eigenvalue weighted by Crippen LogP contribution is -1.82. The number of fused-ring (bicyclic) bond motifs is 2. The van der Waals surface area contributed by atoms with Gasteiger partial charge in [0.05, 0.1) is 18.3 Å². The molecule has 4 rings (SSSR count). The molecule has 0 aliphatic heterocycles. The summed E-state index contributed by atoms with van der Waals surface area (Å²) in [6.45, 7) is 1.95. The summed E-state index contributed by atoms with van der Waals surface area (Å²) in [5.74, 6) is 1.28. The van der Waals surface area contributed by atoms with E-state index >= 15 is 0 Å². The number of rotatable bonds is 2. The number of benzene rings is 1. The van der Waals surface area contributed by atoms with Crippen molar-refractivity contribution in [3.63, 3.8) is 0 Å². The van der Waals surface area contributed by atoms with Crippen LogP contribution in [0.5, 0.6) is 5.75 Å². The van der Waals surface area contributed by atoms with Crippen LogP contribution >= 0.6 is 22.9 Å². The second-order valence-corrected chi connectivity index (χ2v) is 6.18. The monoisotopic (exact) mass is 319 g/mol. The molecule has 21 heavy (non-hydrogen) atoms. The number of hydrogen-bond acceptors (Lipinski definition) is 5. The van der Waals surface area contributed by atoms with Crippen LogP contribution in [0.2, 0.25) is 5.02 Å². The van der Waals surface area contributed by atoms with Gasteiger partial charge in [-0.1, -0.05) is 22.9 Å². The fourth-order valence-electron chi connectivity index (χ4n) is 2.24. The van der Waals surface area contributed by atoms with E-state index in [-0.39, 0.29) is 0 Å². The lowest BCUT2D eigenvalue weighted by atomic mass is 10.2. The first kappa shape index (κ1) is 12.7. The molecule has 106 valence electrons. The Balaban J connectivity index is 1.87. The Morgan fingerprint density at radius 3 is 2.95 bits per heavy atom. The first-order valence-electron chi connectivity index (χ1n) is 6.24. The zero-order valence-electron chi connectivity index (χ0n) is 11.3. The molecular weight excluding hydrogens is 310 g/mol. The van der Waals surface area contributed by atoms with Crippen LogP contribution in [-0.2, 0) is 0 Å². The zero-order chi connectivity index (χ0) is 14.6.